The lowest BCUT2D eigenvalue weighted by molar-refractivity contribution is -0.136. The third-order valence-corrected chi connectivity index (χ3v) is 4.67. The third kappa shape index (κ3) is 9.50. The van der Waals surface area contributed by atoms with Gasteiger partial charge in [-0.2, -0.15) is 0 Å². The second-order valence-corrected chi connectivity index (χ2v) is 6.84. The first-order valence-corrected chi connectivity index (χ1v) is 9.69. The van der Waals surface area contributed by atoms with E-state index in [1.807, 2.05) is 43.4 Å². The van der Waals surface area contributed by atoms with Crippen LogP contribution in [-0.4, -0.2) is 39.3 Å². The lowest BCUT2D eigenvalue weighted by Crippen LogP contribution is -2.19. The van der Waals surface area contributed by atoms with Crippen LogP contribution < -0.4 is 0 Å². The van der Waals surface area contributed by atoms with E-state index in [1.54, 1.807) is 12.2 Å². The number of aliphatic hydroxyl groups excluding tert-OH is 2. The number of carboxylic acids is 1. The van der Waals surface area contributed by atoms with Crippen molar-refractivity contribution in [1.29, 1.82) is 0 Å². The summed E-state index contributed by atoms with van der Waals surface area (Å²) in [5.41, 5.74) is 0. The van der Waals surface area contributed by atoms with Crippen LogP contribution in [0.25, 0.3) is 0 Å². The van der Waals surface area contributed by atoms with E-state index in [4.69, 9.17) is 5.11 Å². The number of rotatable bonds is 12. The predicted molar refractivity (Wildman–Crippen MR) is 106 cm³/mol. The fraction of sp³-hybridized carbons (Fsp3) is 0.545. The van der Waals surface area contributed by atoms with E-state index in [1.165, 1.54) is 0 Å². The number of Topliss-reactive ketones (excluding diaryl/α,β-unsaturated/α-hetero) is 1. The van der Waals surface area contributed by atoms with Gasteiger partial charge in [-0.05, 0) is 32.1 Å². The van der Waals surface area contributed by atoms with Crippen molar-refractivity contribution in [2.24, 2.45) is 11.8 Å². The maximum Gasteiger partial charge on any atom is 0.303 e. The molecule has 1 saturated carbocycles. The summed E-state index contributed by atoms with van der Waals surface area (Å²) in [6, 6.07) is 0. The fourth-order valence-corrected chi connectivity index (χ4v) is 3.03. The molecule has 5 nitrogen and oxygen atoms in total. The Morgan fingerprint density at radius 3 is 2.41 bits per heavy atom. The average Bonchev–Trinajstić information content (AvgIpc) is 2.90. The molecule has 27 heavy (non-hydrogen) atoms. The normalized spacial score (nSPS) is 24.9. The topological polar surface area (TPSA) is 94.8 Å². The summed E-state index contributed by atoms with van der Waals surface area (Å²) in [5.74, 6) is -1.20. The molecule has 0 heterocycles. The molecule has 1 fully saturated rings. The van der Waals surface area contributed by atoms with Crippen molar-refractivity contribution in [2.45, 2.75) is 64.1 Å². The van der Waals surface area contributed by atoms with Crippen LogP contribution in [0.1, 0.15) is 51.9 Å². The smallest absolute Gasteiger partial charge is 0.303 e. The average molecular weight is 376 g/mol. The Kier molecular flexibility index (Phi) is 11.3. The zero-order valence-electron chi connectivity index (χ0n) is 16.0. The van der Waals surface area contributed by atoms with Gasteiger partial charge < -0.3 is 15.3 Å². The number of aliphatic hydroxyl groups is 2. The summed E-state index contributed by atoms with van der Waals surface area (Å²) in [4.78, 5) is 22.4. The van der Waals surface area contributed by atoms with Gasteiger partial charge in [-0.1, -0.05) is 55.5 Å². The van der Waals surface area contributed by atoms with Crippen LogP contribution in [0, 0.1) is 11.8 Å². The SMILES string of the molecule is CC[C@@H](O)/C=C/[C@H]1C(=O)C[C@H](O)[C@H]1C/C=C\C/C=C\C/C=C\CCC(=O)O. The maximum atomic E-state index is 12.0. The van der Waals surface area contributed by atoms with Crippen LogP contribution in [0.2, 0.25) is 0 Å². The van der Waals surface area contributed by atoms with Crippen LogP contribution in [-0.2, 0) is 9.59 Å². The molecule has 0 spiro atoms. The molecule has 150 valence electrons. The standard InChI is InChI=1S/C22H32O5/c1-2-17(23)14-15-19-18(20(24)16-21(19)25)12-10-8-6-4-3-5-7-9-11-13-22(26)27/h3-4,7-10,14-15,17-20,23-24H,2,5-6,11-13,16H2,1H3,(H,26,27)/b4-3-,9-7-,10-8-,15-14+/t17-,18+,19-,20+/m1/s1. The molecule has 4 atom stereocenters. The van der Waals surface area contributed by atoms with Crippen molar-refractivity contribution < 1.29 is 24.9 Å². The highest BCUT2D eigenvalue weighted by Gasteiger charge is 2.39. The summed E-state index contributed by atoms with van der Waals surface area (Å²) in [6.07, 6.45) is 17.8. The Balaban J connectivity index is 2.35. The molecule has 0 unspecified atom stereocenters. The molecule has 0 aliphatic heterocycles. The molecule has 0 radical (unpaired) electrons. The maximum absolute atomic E-state index is 12.0. The first-order valence-electron chi connectivity index (χ1n) is 9.69. The highest BCUT2D eigenvalue weighted by Crippen LogP contribution is 2.33. The molecule has 5 heteroatoms. The van der Waals surface area contributed by atoms with Crippen LogP contribution in [0.15, 0.2) is 48.6 Å². The lowest BCUT2D eigenvalue weighted by atomic mass is 9.90. The Hall–Kier alpha value is -1.98. The van der Waals surface area contributed by atoms with E-state index < -0.39 is 18.2 Å². The summed E-state index contributed by atoms with van der Waals surface area (Å²) in [6.45, 7) is 1.87. The van der Waals surface area contributed by atoms with E-state index >= 15 is 0 Å². The summed E-state index contributed by atoms with van der Waals surface area (Å²) < 4.78 is 0. The molecule has 0 saturated heterocycles. The molecular formula is C22H32O5. The van der Waals surface area contributed by atoms with Gasteiger partial charge in [0.05, 0.1) is 12.2 Å². The van der Waals surface area contributed by atoms with E-state index in [0.29, 0.717) is 19.3 Å². The Bertz CT molecular complexity index is 573. The van der Waals surface area contributed by atoms with E-state index in [9.17, 15) is 19.8 Å². The van der Waals surface area contributed by atoms with Gasteiger partial charge in [0, 0.05) is 24.7 Å². The lowest BCUT2D eigenvalue weighted by Gasteiger charge is -2.16. The van der Waals surface area contributed by atoms with Gasteiger partial charge in [-0.15, -0.1) is 0 Å². The van der Waals surface area contributed by atoms with Crippen LogP contribution >= 0.6 is 0 Å². The number of hydrogen-bond acceptors (Lipinski definition) is 4. The molecule has 0 bridgehead atoms. The van der Waals surface area contributed by atoms with E-state index in [0.717, 1.165) is 12.8 Å². The van der Waals surface area contributed by atoms with Crippen molar-refractivity contribution in [2.75, 3.05) is 0 Å². The van der Waals surface area contributed by atoms with E-state index in [-0.39, 0.29) is 30.5 Å². The summed E-state index contributed by atoms with van der Waals surface area (Å²) >= 11 is 0. The van der Waals surface area contributed by atoms with E-state index in [2.05, 4.69) is 0 Å². The minimum Gasteiger partial charge on any atom is -0.481 e. The minimum absolute atomic E-state index is 0.0371. The quantitative estimate of drug-likeness (QED) is 0.453. The van der Waals surface area contributed by atoms with Crippen molar-refractivity contribution >= 4 is 11.8 Å². The molecule has 0 aromatic heterocycles. The second kappa shape index (κ2) is 13.2. The Morgan fingerprint density at radius 2 is 1.78 bits per heavy atom. The number of carbonyl (C=O) groups excluding carboxylic acids is 1. The van der Waals surface area contributed by atoms with Crippen LogP contribution in [0.5, 0.6) is 0 Å². The Labute approximate surface area is 161 Å². The van der Waals surface area contributed by atoms with Crippen LogP contribution in [0.3, 0.4) is 0 Å². The zero-order chi connectivity index (χ0) is 20.1. The number of allylic oxidation sites excluding steroid dienone is 7. The van der Waals surface area contributed by atoms with Crippen molar-refractivity contribution in [3.8, 4) is 0 Å². The molecule has 1 rings (SSSR count). The zero-order valence-corrected chi connectivity index (χ0v) is 16.0. The van der Waals surface area contributed by atoms with Gasteiger partial charge in [-0.25, -0.2) is 0 Å². The highest BCUT2D eigenvalue weighted by atomic mass is 16.4. The van der Waals surface area contributed by atoms with Gasteiger partial charge in [0.2, 0.25) is 0 Å². The van der Waals surface area contributed by atoms with Crippen molar-refractivity contribution in [1.82, 2.24) is 0 Å². The van der Waals surface area contributed by atoms with Crippen molar-refractivity contribution in [3.05, 3.63) is 48.6 Å². The first-order chi connectivity index (χ1) is 13.0. The summed E-state index contributed by atoms with van der Waals surface area (Å²) in [7, 11) is 0. The monoisotopic (exact) mass is 376 g/mol. The number of hydrogen-bond donors (Lipinski definition) is 3. The van der Waals surface area contributed by atoms with Gasteiger partial charge in [0.1, 0.15) is 5.78 Å². The molecular weight excluding hydrogens is 344 g/mol. The van der Waals surface area contributed by atoms with Gasteiger partial charge in [0.25, 0.3) is 0 Å². The third-order valence-electron chi connectivity index (χ3n) is 4.67. The number of carbonyl (C=O) groups is 2. The van der Waals surface area contributed by atoms with Crippen LogP contribution in [0.4, 0.5) is 0 Å². The number of carboxylic acid groups (broad SMARTS) is 1. The number of ketones is 1. The first kappa shape index (κ1) is 23.1. The Morgan fingerprint density at radius 1 is 1.15 bits per heavy atom. The minimum atomic E-state index is -0.784. The molecule has 0 amide bonds. The van der Waals surface area contributed by atoms with Gasteiger partial charge in [-0.3, -0.25) is 9.59 Å². The fourth-order valence-electron chi connectivity index (χ4n) is 3.03. The highest BCUT2D eigenvalue weighted by molar-refractivity contribution is 5.86. The second-order valence-electron chi connectivity index (χ2n) is 6.84. The molecule has 0 aromatic rings. The largest absolute Gasteiger partial charge is 0.481 e. The molecule has 3 N–H and O–H groups in total. The van der Waals surface area contributed by atoms with Crippen molar-refractivity contribution in [3.63, 3.8) is 0 Å². The van der Waals surface area contributed by atoms with Gasteiger partial charge in [0.15, 0.2) is 0 Å². The molecule has 1 aliphatic rings. The van der Waals surface area contributed by atoms with Gasteiger partial charge >= 0.3 is 5.97 Å². The number of aliphatic carboxylic acids is 1. The summed E-state index contributed by atoms with van der Waals surface area (Å²) in [5, 5.41) is 28.3. The predicted octanol–water partition coefficient (Wildman–Crippen LogP) is 3.58. The molecule has 0 aromatic carbocycles. The molecule has 1 aliphatic carbocycles.